The Balaban J connectivity index is 2.00. The summed E-state index contributed by atoms with van der Waals surface area (Å²) in [6, 6.07) is 14.7. The van der Waals surface area contributed by atoms with Crippen molar-refractivity contribution in [3.63, 3.8) is 0 Å². The summed E-state index contributed by atoms with van der Waals surface area (Å²) in [5.74, 6) is -0.127. The largest absolute Gasteiger partial charge is 0.349 e. The van der Waals surface area contributed by atoms with Crippen molar-refractivity contribution in [2.24, 2.45) is 0 Å². The van der Waals surface area contributed by atoms with Crippen LogP contribution in [0, 0.1) is 12.7 Å². The van der Waals surface area contributed by atoms with E-state index in [1.807, 2.05) is 37.3 Å². The normalized spacial score (nSPS) is 21.8. The van der Waals surface area contributed by atoms with E-state index in [0.717, 1.165) is 16.7 Å². The predicted molar refractivity (Wildman–Crippen MR) is 75.8 cm³/mol. The summed E-state index contributed by atoms with van der Waals surface area (Å²) >= 11 is 0. The maximum Gasteiger partial charge on any atom is 0.221 e. The van der Waals surface area contributed by atoms with Crippen LogP contribution in [0.4, 0.5) is 4.39 Å². The van der Waals surface area contributed by atoms with Gasteiger partial charge in [0.25, 0.3) is 0 Å². The Hall–Kier alpha value is -2.16. The summed E-state index contributed by atoms with van der Waals surface area (Å²) in [4.78, 5) is 11.8. The van der Waals surface area contributed by atoms with Crippen LogP contribution in [0.5, 0.6) is 0 Å². The van der Waals surface area contributed by atoms with E-state index in [0.29, 0.717) is 6.42 Å². The second-order valence-corrected chi connectivity index (χ2v) is 5.27. The Morgan fingerprint density at radius 2 is 1.90 bits per heavy atom. The Morgan fingerprint density at radius 3 is 2.60 bits per heavy atom. The maximum atomic E-state index is 13.2. The maximum absolute atomic E-state index is 13.2. The van der Waals surface area contributed by atoms with Crippen molar-refractivity contribution in [1.82, 2.24) is 5.32 Å². The third-order valence-electron chi connectivity index (χ3n) is 3.91. The first kappa shape index (κ1) is 12.9. The van der Waals surface area contributed by atoms with E-state index in [4.69, 9.17) is 0 Å². The SMILES string of the molecule is Cc1cc(F)ccc1C1CC(=O)NC1c1ccccc1. The van der Waals surface area contributed by atoms with E-state index >= 15 is 0 Å². The van der Waals surface area contributed by atoms with Crippen LogP contribution in [0.3, 0.4) is 0 Å². The molecular formula is C17H16FNO. The molecule has 3 heteroatoms. The van der Waals surface area contributed by atoms with Gasteiger partial charge < -0.3 is 5.32 Å². The average Bonchev–Trinajstić information content (AvgIpc) is 2.81. The molecule has 102 valence electrons. The van der Waals surface area contributed by atoms with E-state index in [-0.39, 0.29) is 23.7 Å². The molecule has 0 spiro atoms. The summed E-state index contributed by atoms with van der Waals surface area (Å²) in [6.45, 7) is 1.89. The van der Waals surface area contributed by atoms with Gasteiger partial charge >= 0.3 is 0 Å². The van der Waals surface area contributed by atoms with Gasteiger partial charge in [-0.05, 0) is 35.7 Å². The van der Waals surface area contributed by atoms with E-state index in [2.05, 4.69) is 5.32 Å². The van der Waals surface area contributed by atoms with Crippen molar-refractivity contribution >= 4 is 5.91 Å². The van der Waals surface area contributed by atoms with E-state index in [9.17, 15) is 9.18 Å². The first-order valence-electron chi connectivity index (χ1n) is 6.75. The van der Waals surface area contributed by atoms with Crippen LogP contribution >= 0.6 is 0 Å². The standard InChI is InChI=1S/C17H16FNO/c1-11-9-13(18)7-8-14(11)15-10-16(20)19-17(15)12-5-3-2-4-6-12/h2-9,15,17H,10H2,1H3,(H,19,20). The number of carbonyl (C=O) groups is 1. The summed E-state index contributed by atoms with van der Waals surface area (Å²) in [5.41, 5.74) is 3.03. The number of nitrogens with one attached hydrogen (secondary N) is 1. The van der Waals surface area contributed by atoms with Crippen molar-refractivity contribution < 1.29 is 9.18 Å². The Morgan fingerprint density at radius 1 is 1.15 bits per heavy atom. The molecule has 1 saturated heterocycles. The Bertz CT molecular complexity index is 639. The van der Waals surface area contributed by atoms with Crippen molar-refractivity contribution in [2.45, 2.75) is 25.3 Å². The molecule has 2 unspecified atom stereocenters. The average molecular weight is 269 g/mol. The molecule has 1 heterocycles. The van der Waals surface area contributed by atoms with Crippen LogP contribution in [0.15, 0.2) is 48.5 Å². The monoisotopic (exact) mass is 269 g/mol. The summed E-state index contributed by atoms with van der Waals surface area (Å²) < 4.78 is 13.2. The lowest BCUT2D eigenvalue weighted by atomic mass is 9.85. The van der Waals surface area contributed by atoms with Gasteiger partial charge in [-0.25, -0.2) is 4.39 Å². The topological polar surface area (TPSA) is 29.1 Å². The molecule has 2 atom stereocenters. The smallest absolute Gasteiger partial charge is 0.221 e. The number of amides is 1. The number of benzene rings is 2. The first-order valence-corrected chi connectivity index (χ1v) is 6.75. The molecule has 0 saturated carbocycles. The second kappa shape index (κ2) is 5.08. The molecule has 0 aliphatic carbocycles. The van der Waals surface area contributed by atoms with Gasteiger partial charge in [0, 0.05) is 12.3 Å². The van der Waals surface area contributed by atoms with Crippen LogP contribution in [0.2, 0.25) is 0 Å². The quantitative estimate of drug-likeness (QED) is 0.888. The minimum absolute atomic E-state index is 0.0344. The Kier molecular flexibility index (Phi) is 3.26. The molecule has 1 aliphatic rings. The molecule has 2 aromatic rings. The molecule has 1 aliphatic heterocycles. The van der Waals surface area contributed by atoms with Gasteiger partial charge in [0.05, 0.1) is 6.04 Å². The lowest BCUT2D eigenvalue weighted by molar-refractivity contribution is -0.119. The summed E-state index contributed by atoms with van der Waals surface area (Å²) in [6.07, 6.45) is 0.450. The van der Waals surface area contributed by atoms with Crippen LogP contribution in [0.25, 0.3) is 0 Å². The highest BCUT2D eigenvalue weighted by Gasteiger charge is 2.35. The lowest BCUT2D eigenvalue weighted by Gasteiger charge is -2.21. The summed E-state index contributed by atoms with van der Waals surface area (Å²) in [7, 11) is 0. The zero-order valence-electron chi connectivity index (χ0n) is 11.3. The number of rotatable bonds is 2. The van der Waals surface area contributed by atoms with Gasteiger partial charge in [0.1, 0.15) is 5.82 Å². The van der Waals surface area contributed by atoms with E-state index < -0.39 is 0 Å². The van der Waals surface area contributed by atoms with Gasteiger partial charge in [0.15, 0.2) is 0 Å². The molecule has 0 radical (unpaired) electrons. The van der Waals surface area contributed by atoms with Crippen molar-refractivity contribution in [3.8, 4) is 0 Å². The molecule has 20 heavy (non-hydrogen) atoms. The summed E-state index contributed by atoms with van der Waals surface area (Å²) in [5, 5.41) is 3.03. The van der Waals surface area contributed by atoms with Crippen molar-refractivity contribution in [3.05, 3.63) is 71.0 Å². The van der Waals surface area contributed by atoms with Gasteiger partial charge in [-0.1, -0.05) is 36.4 Å². The highest BCUT2D eigenvalue weighted by atomic mass is 19.1. The number of hydrogen-bond acceptors (Lipinski definition) is 1. The van der Waals surface area contributed by atoms with Gasteiger partial charge in [-0.2, -0.15) is 0 Å². The zero-order chi connectivity index (χ0) is 14.1. The lowest BCUT2D eigenvalue weighted by Crippen LogP contribution is -2.20. The zero-order valence-corrected chi connectivity index (χ0v) is 11.3. The minimum Gasteiger partial charge on any atom is -0.349 e. The fourth-order valence-corrected chi connectivity index (χ4v) is 2.97. The number of carbonyl (C=O) groups excluding carboxylic acids is 1. The molecule has 0 aromatic heterocycles. The first-order chi connectivity index (χ1) is 9.65. The van der Waals surface area contributed by atoms with Crippen LogP contribution in [-0.4, -0.2) is 5.91 Å². The highest BCUT2D eigenvalue weighted by molar-refractivity contribution is 5.80. The molecule has 1 fully saturated rings. The van der Waals surface area contributed by atoms with Crippen LogP contribution in [0.1, 0.15) is 35.1 Å². The second-order valence-electron chi connectivity index (χ2n) is 5.27. The molecule has 2 nitrogen and oxygen atoms in total. The number of halogens is 1. The fraction of sp³-hybridized carbons (Fsp3) is 0.235. The Labute approximate surface area is 117 Å². The third kappa shape index (κ3) is 2.31. The van der Waals surface area contributed by atoms with Crippen molar-refractivity contribution in [1.29, 1.82) is 0 Å². The fourth-order valence-electron chi connectivity index (χ4n) is 2.97. The molecule has 1 N–H and O–H groups in total. The molecule has 3 rings (SSSR count). The predicted octanol–water partition coefficient (Wildman–Crippen LogP) is 3.48. The van der Waals surface area contributed by atoms with Crippen molar-refractivity contribution in [2.75, 3.05) is 0 Å². The highest BCUT2D eigenvalue weighted by Crippen LogP contribution is 2.39. The van der Waals surface area contributed by atoms with Crippen LogP contribution in [-0.2, 0) is 4.79 Å². The van der Waals surface area contributed by atoms with E-state index in [1.165, 1.54) is 12.1 Å². The van der Waals surface area contributed by atoms with Gasteiger partial charge in [-0.15, -0.1) is 0 Å². The van der Waals surface area contributed by atoms with Gasteiger partial charge in [-0.3, -0.25) is 4.79 Å². The molecule has 2 aromatic carbocycles. The van der Waals surface area contributed by atoms with Gasteiger partial charge in [0.2, 0.25) is 5.91 Å². The molecular weight excluding hydrogens is 253 g/mol. The third-order valence-corrected chi connectivity index (χ3v) is 3.91. The minimum atomic E-state index is -0.236. The van der Waals surface area contributed by atoms with Crippen LogP contribution < -0.4 is 5.32 Å². The number of aryl methyl sites for hydroxylation is 1. The molecule has 1 amide bonds. The van der Waals surface area contributed by atoms with E-state index in [1.54, 1.807) is 6.07 Å². The number of hydrogen-bond donors (Lipinski definition) is 1. The molecule has 0 bridgehead atoms.